The first-order chi connectivity index (χ1) is 10.1. The molecule has 0 saturated carbocycles. The van der Waals surface area contributed by atoms with E-state index in [0.717, 1.165) is 5.56 Å². The van der Waals surface area contributed by atoms with Gasteiger partial charge in [-0.1, -0.05) is 29.8 Å². The zero-order valence-corrected chi connectivity index (χ0v) is 12.2. The molecule has 1 N–H and O–H groups in total. The van der Waals surface area contributed by atoms with Crippen LogP contribution in [0.2, 0.25) is 5.02 Å². The molecule has 1 heterocycles. The van der Waals surface area contributed by atoms with Crippen LogP contribution in [-0.2, 0) is 11.3 Å². The van der Waals surface area contributed by atoms with Crippen molar-refractivity contribution in [2.45, 2.75) is 19.6 Å². The van der Waals surface area contributed by atoms with E-state index in [0.29, 0.717) is 23.0 Å². The number of phenols is 1. The lowest BCUT2D eigenvalue weighted by Crippen LogP contribution is -2.44. The number of fused-ring (bicyclic) bond motifs is 1. The summed E-state index contributed by atoms with van der Waals surface area (Å²) < 4.78 is 5.56. The van der Waals surface area contributed by atoms with Crippen molar-refractivity contribution in [3.8, 4) is 11.5 Å². The summed E-state index contributed by atoms with van der Waals surface area (Å²) in [5, 5.41) is 10.3. The molecule has 5 heteroatoms. The SMILES string of the molecule is CC1Oc2ccc(O)cc2N(Cc2ccccc2Cl)C1=O. The fraction of sp³-hybridized carbons (Fsp3) is 0.188. The van der Waals surface area contributed by atoms with E-state index in [4.69, 9.17) is 16.3 Å². The third kappa shape index (κ3) is 2.54. The highest BCUT2D eigenvalue weighted by Crippen LogP contribution is 2.37. The minimum atomic E-state index is -0.565. The number of hydrogen-bond acceptors (Lipinski definition) is 3. The summed E-state index contributed by atoms with van der Waals surface area (Å²) in [7, 11) is 0. The molecule has 1 aliphatic rings. The molecular formula is C16H14ClNO3. The number of rotatable bonds is 2. The smallest absolute Gasteiger partial charge is 0.268 e. The molecule has 1 atom stereocenters. The maximum absolute atomic E-state index is 12.4. The molecule has 1 unspecified atom stereocenters. The number of ether oxygens (including phenoxy) is 1. The van der Waals surface area contributed by atoms with Crippen LogP contribution in [0, 0.1) is 0 Å². The van der Waals surface area contributed by atoms with E-state index in [1.807, 2.05) is 18.2 Å². The second kappa shape index (κ2) is 5.30. The summed E-state index contributed by atoms with van der Waals surface area (Å²) in [6, 6.07) is 12.1. The molecule has 0 spiro atoms. The highest BCUT2D eigenvalue weighted by Gasteiger charge is 2.32. The molecule has 3 rings (SSSR count). The van der Waals surface area contributed by atoms with Gasteiger partial charge in [0, 0.05) is 11.1 Å². The standard InChI is InChI=1S/C16H14ClNO3/c1-10-16(20)18(9-11-4-2-3-5-13(11)17)14-8-12(19)6-7-15(14)21-10/h2-8,10,19H,9H2,1H3. The van der Waals surface area contributed by atoms with Crippen molar-refractivity contribution in [2.24, 2.45) is 0 Å². The molecule has 108 valence electrons. The number of hydrogen-bond donors (Lipinski definition) is 1. The first-order valence-corrected chi connectivity index (χ1v) is 6.98. The van der Waals surface area contributed by atoms with Gasteiger partial charge >= 0.3 is 0 Å². The molecule has 4 nitrogen and oxygen atoms in total. The zero-order valence-electron chi connectivity index (χ0n) is 11.4. The van der Waals surface area contributed by atoms with Crippen LogP contribution in [0.1, 0.15) is 12.5 Å². The largest absolute Gasteiger partial charge is 0.508 e. The molecule has 0 aliphatic carbocycles. The Morgan fingerprint density at radius 3 is 2.81 bits per heavy atom. The van der Waals surface area contributed by atoms with Crippen LogP contribution < -0.4 is 9.64 Å². The van der Waals surface area contributed by atoms with Gasteiger partial charge in [0.2, 0.25) is 0 Å². The van der Waals surface area contributed by atoms with Gasteiger partial charge < -0.3 is 14.7 Å². The Bertz CT molecular complexity index is 702. The number of nitrogens with zero attached hydrogens (tertiary/aromatic N) is 1. The van der Waals surface area contributed by atoms with Crippen molar-refractivity contribution in [3.63, 3.8) is 0 Å². The Balaban J connectivity index is 2.03. The fourth-order valence-electron chi connectivity index (χ4n) is 2.36. The number of carbonyl (C=O) groups excluding carboxylic acids is 1. The number of phenolic OH excluding ortho intramolecular Hbond substituents is 1. The molecule has 0 aromatic heterocycles. The molecule has 1 amide bonds. The lowest BCUT2D eigenvalue weighted by Gasteiger charge is -2.33. The minimum absolute atomic E-state index is 0.0869. The topological polar surface area (TPSA) is 49.8 Å². The van der Waals surface area contributed by atoms with Gasteiger partial charge in [-0.2, -0.15) is 0 Å². The average Bonchev–Trinajstić information content (AvgIpc) is 2.46. The van der Waals surface area contributed by atoms with Crippen LogP contribution in [-0.4, -0.2) is 17.1 Å². The highest BCUT2D eigenvalue weighted by atomic mass is 35.5. The first-order valence-electron chi connectivity index (χ1n) is 6.60. The van der Waals surface area contributed by atoms with Crippen LogP contribution in [0.4, 0.5) is 5.69 Å². The molecule has 21 heavy (non-hydrogen) atoms. The molecule has 1 aliphatic heterocycles. The lowest BCUT2D eigenvalue weighted by molar-refractivity contribution is -0.125. The summed E-state index contributed by atoms with van der Waals surface area (Å²) in [6.07, 6.45) is -0.565. The maximum atomic E-state index is 12.4. The quantitative estimate of drug-likeness (QED) is 0.925. The van der Waals surface area contributed by atoms with Crippen LogP contribution in [0.15, 0.2) is 42.5 Å². The van der Waals surface area contributed by atoms with Crippen molar-refractivity contribution in [1.29, 1.82) is 0 Å². The first kappa shape index (κ1) is 13.8. The molecule has 0 bridgehead atoms. The predicted molar refractivity (Wildman–Crippen MR) is 80.8 cm³/mol. The highest BCUT2D eigenvalue weighted by molar-refractivity contribution is 6.31. The molecule has 0 fully saturated rings. The van der Waals surface area contributed by atoms with Crippen LogP contribution >= 0.6 is 11.6 Å². The number of carbonyl (C=O) groups is 1. The number of amides is 1. The van der Waals surface area contributed by atoms with E-state index in [2.05, 4.69) is 0 Å². The third-order valence-electron chi connectivity index (χ3n) is 3.44. The Morgan fingerprint density at radius 2 is 2.05 bits per heavy atom. The Kier molecular flexibility index (Phi) is 3.47. The van der Waals surface area contributed by atoms with Gasteiger partial charge in [-0.15, -0.1) is 0 Å². The van der Waals surface area contributed by atoms with Gasteiger partial charge in [0.1, 0.15) is 11.5 Å². The lowest BCUT2D eigenvalue weighted by atomic mass is 10.1. The van der Waals surface area contributed by atoms with Gasteiger partial charge in [-0.25, -0.2) is 0 Å². The number of anilines is 1. The Hall–Kier alpha value is -2.20. The van der Waals surface area contributed by atoms with Gasteiger partial charge in [-0.3, -0.25) is 4.79 Å². The van der Waals surface area contributed by atoms with E-state index < -0.39 is 6.10 Å². The summed E-state index contributed by atoms with van der Waals surface area (Å²) in [5.41, 5.74) is 1.40. The van der Waals surface area contributed by atoms with Crippen molar-refractivity contribution >= 4 is 23.2 Å². The summed E-state index contributed by atoms with van der Waals surface area (Å²) >= 11 is 6.17. The van der Waals surface area contributed by atoms with Crippen molar-refractivity contribution in [3.05, 3.63) is 53.1 Å². The Labute approximate surface area is 127 Å². The van der Waals surface area contributed by atoms with Gasteiger partial charge in [-0.05, 0) is 30.7 Å². The van der Waals surface area contributed by atoms with Crippen LogP contribution in [0.5, 0.6) is 11.5 Å². The van der Waals surface area contributed by atoms with Gasteiger partial charge in [0.05, 0.1) is 12.2 Å². The molecule has 0 saturated heterocycles. The zero-order chi connectivity index (χ0) is 15.0. The minimum Gasteiger partial charge on any atom is -0.508 e. The number of aromatic hydroxyl groups is 1. The third-order valence-corrected chi connectivity index (χ3v) is 3.81. The van der Waals surface area contributed by atoms with E-state index in [1.165, 1.54) is 12.1 Å². The van der Waals surface area contributed by atoms with Gasteiger partial charge in [0.25, 0.3) is 5.91 Å². The summed E-state index contributed by atoms with van der Waals surface area (Å²) in [5.74, 6) is 0.504. The van der Waals surface area contributed by atoms with E-state index in [1.54, 1.807) is 24.0 Å². The fourth-order valence-corrected chi connectivity index (χ4v) is 2.55. The average molecular weight is 304 g/mol. The van der Waals surface area contributed by atoms with Crippen molar-refractivity contribution < 1.29 is 14.6 Å². The predicted octanol–water partition coefficient (Wildman–Crippen LogP) is 3.36. The van der Waals surface area contributed by atoms with E-state index >= 15 is 0 Å². The molecule has 0 radical (unpaired) electrons. The number of halogens is 1. The Morgan fingerprint density at radius 1 is 1.29 bits per heavy atom. The van der Waals surface area contributed by atoms with Crippen molar-refractivity contribution in [1.82, 2.24) is 0 Å². The molecule has 2 aromatic rings. The second-order valence-corrected chi connectivity index (χ2v) is 5.34. The monoisotopic (exact) mass is 303 g/mol. The van der Waals surface area contributed by atoms with Crippen molar-refractivity contribution in [2.75, 3.05) is 4.90 Å². The van der Waals surface area contributed by atoms with E-state index in [9.17, 15) is 9.90 Å². The second-order valence-electron chi connectivity index (χ2n) is 4.93. The maximum Gasteiger partial charge on any atom is 0.268 e. The van der Waals surface area contributed by atoms with E-state index in [-0.39, 0.29) is 11.7 Å². The summed E-state index contributed by atoms with van der Waals surface area (Å²) in [4.78, 5) is 14.0. The van der Waals surface area contributed by atoms with Gasteiger partial charge in [0.15, 0.2) is 6.10 Å². The normalized spacial score (nSPS) is 17.3. The van der Waals surface area contributed by atoms with Crippen LogP contribution in [0.25, 0.3) is 0 Å². The molecule has 2 aromatic carbocycles. The summed E-state index contributed by atoms with van der Waals surface area (Å²) in [6.45, 7) is 2.04. The number of benzene rings is 2. The molecular weight excluding hydrogens is 290 g/mol. The van der Waals surface area contributed by atoms with Crippen LogP contribution in [0.3, 0.4) is 0 Å².